The van der Waals surface area contributed by atoms with Gasteiger partial charge in [0.2, 0.25) is 0 Å². The molecule has 1 heteroatoms. The molecule has 1 aromatic carbocycles. The van der Waals surface area contributed by atoms with Gasteiger partial charge in [-0.1, -0.05) is 39.0 Å². The van der Waals surface area contributed by atoms with Crippen molar-refractivity contribution in [3.63, 3.8) is 0 Å². The van der Waals surface area contributed by atoms with Crippen molar-refractivity contribution in [2.24, 2.45) is 5.41 Å². The smallest absolute Gasteiger partial charge is 0.00108 e. The first-order chi connectivity index (χ1) is 9.08. The summed E-state index contributed by atoms with van der Waals surface area (Å²) < 4.78 is 0. The Balaban J connectivity index is 2.88. The third kappa shape index (κ3) is 4.35. The molecule has 108 valence electrons. The molecule has 0 atom stereocenters. The fourth-order valence-electron chi connectivity index (χ4n) is 2.85. The predicted molar refractivity (Wildman–Crippen MR) is 85.8 cm³/mol. The molecule has 0 saturated carbocycles. The van der Waals surface area contributed by atoms with Crippen LogP contribution in [0.1, 0.15) is 56.7 Å². The third-order valence-corrected chi connectivity index (χ3v) is 4.62. The second-order valence-electron chi connectivity index (χ2n) is 5.93. The minimum absolute atomic E-state index is 0.409. The van der Waals surface area contributed by atoms with E-state index in [1.165, 1.54) is 36.8 Å². The Morgan fingerprint density at radius 1 is 1.00 bits per heavy atom. The molecule has 1 aromatic rings. The summed E-state index contributed by atoms with van der Waals surface area (Å²) in [6.45, 7) is 13.7. The quantitative estimate of drug-likeness (QED) is 0.672. The van der Waals surface area contributed by atoms with E-state index in [0.29, 0.717) is 5.41 Å². The fourth-order valence-corrected chi connectivity index (χ4v) is 2.85. The summed E-state index contributed by atoms with van der Waals surface area (Å²) in [5, 5.41) is 3.64. The van der Waals surface area contributed by atoms with Crippen molar-refractivity contribution in [1.82, 2.24) is 5.32 Å². The van der Waals surface area contributed by atoms with Gasteiger partial charge in [-0.3, -0.25) is 0 Å². The lowest BCUT2D eigenvalue weighted by atomic mass is 9.75. The van der Waals surface area contributed by atoms with Gasteiger partial charge in [0, 0.05) is 6.54 Å². The van der Waals surface area contributed by atoms with Crippen LogP contribution in [0.4, 0.5) is 0 Å². The largest absolute Gasteiger partial charge is 0.316 e. The lowest BCUT2D eigenvalue weighted by Gasteiger charge is -2.33. The van der Waals surface area contributed by atoms with Crippen molar-refractivity contribution in [2.75, 3.05) is 13.1 Å². The molecule has 0 heterocycles. The first-order valence-corrected chi connectivity index (χ1v) is 7.84. The average Bonchev–Trinajstić information content (AvgIpc) is 2.41. The number of rotatable bonds is 8. The van der Waals surface area contributed by atoms with Crippen LogP contribution in [0.5, 0.6) is 0 Å². The van der Waals surface area contributed by atoms with Gasteiger partial charge in [0.1, 0.15) is 0 Å². The van der Waals surface area contributed by atoms with E-state index >= 15 is 0 Å². The van der Waals surface area contributed by atoms with Gasteiger partial charge in [-0.05, 0) is 68.2 Å². The Bertz CT molecular complexity index is 357. The average molecular weight is 261 g/mol. The highest BCUT2D eigenvalue weighted by Crippen LogP contribution is 2.32. The molecule has 0 aliphatic heterocycles. The molecular weight excluding hydrogens is 230 g/mol. The molecule has 0 aromatic heterocycles. The van der Waals surface area contributed by atoms with Gasteiger partial charge < -0.3 is 5.32 Å². The normalized spacial score (nSPS) is 11.8. The maximum absolute atomic E-state index is 3.64. The van der Waals surface area contributed by atoms with Crippen LogP contribution in [0, 0.1) is 19.3 Å². The summed E-state index contributed by atoms with van der Waals surface area (Å²) >= 11 is 0. The van der Waals surface area contributed by atoms with Gasteiger partial charge in [0.25, 0.3) is 0 Å². The number of hydrogen-bond donors (Lipinski definition) is 1. The molecule has 1 nitrogen and oxygen atoms in total. The van der Waals surface area contributed by atoms with E-state index in [-0.39, 0.29) is 0 Å². The van der Waals surface area contributed by atoms with E-state index in [1.807, 2.05) is 0 Å². The molecular formula is C18H31N. The summed E-state index contributed by atoms with van der Waals surface area (Å²) in [5.41, 5.74) is 4.86. The number of aryl methyl sites for hydroxylation is 2. The molecule has 0 saturated heterocycles. The fraction of sp³-hybridized carbons (Fsp3) is 0.667. The van der Waals surface area contributed by atoms with Crippen LogP contribution < -0.4 is 5.32 Å². The van der Waals surface area contributed by atoms with Crippen LogP contribution in [0.15, 0.2) is 18.2 Å². The minimum Gasteiger partial charge on any atom is -0.316 e. The van der Waals surface area contributed by atoms with Crippen molar-refractivity contribution in [3.05, 3.63) is 34.9 Å². The van der Waals surface area contributed by atoms with E-state index in [1.54, 1.807) is 5.56 Å². The molecule has 0 spiro atoms. The number of benzene rings is 1. The van der Waals surface area contributed by atoms with Crippen molar-refractivity contribution in [3.8, 4) is 0 Å². The van der Waals surface area contributed by atoms with E-state index in [9.17, 15) is 0 Å². The van der Waals surface area contributed by atoms with Crippen LogP contribution in [0.2, 0.25) is 0 Å². The van der Waals surface area contributed by atoms with Gasteiger partial charge >= 0.3 is 0 Å². The van der Waals surface area contributed by atoms with Crippen molar-refractivity contribution in [1.29, 1.82) is 0 Å². The van der Waals surface area contributed by atoms with E-state index in [0.717, 1.165) is 13.1 Å². The van der Waals surface area contributed by atoms with Crippen LogP contribution in [0.25, 0.3) is 0 Å². The minimum atomic E-state index is 0.409. The lowest BCUT2D eigenvalue weighted by Crippen LogP contribution is -2.36. The van der Waals surface area contributed by atoms with E-state index in [4.69, 9.17) is 0 Å². The van der Waals surface area contributed by atoms with Crippen LogP contribution in [-0.2, 0) is 6.42 Å². The monoisotopic (exact) mass is 261 g/mol. The zero-order valence-corrected chi connectivity index (χ0v) is 13.5. The lowest BCUT2D eigenvalue weighted by molar-refractivity contribution is 0.246. The molecule has 0 aliphatic carbocycles. The van der Waals surface area contributed by atoms with Gasteiger partial charge in [-0.2, -0.15) is 0 Å². The summed E-state index contributed by atoms with van der Waals surface area (Å²) in [7, 11) is 0. The number of nitrogens with one attached hydrogen (secondary N) is 1. The summed E-state index contributed by atoms with van der Waals surface area (Å²) in [4.78, 5) is 0. The summed E-state index contributed by atoms with van der Waals surface area (Å²) in [6, 6.07) is 6.67. The van der Waals surface area contributed by atoms with Crippen LogP contribution >= 0.6 is 0 Å². The van der Waals surface area contributed by atoms with Gasteiger partial charge in [-0.15, -0.1) is 0 Å². The molecule has 1 N–H and O–H groups in total. The molecule has 19 heavy (non-hydrogen) atoms. The maximum atomic E-state index is 3.64. The molecule has 0 aliphatic rings. The first kappa shape index (κ1) is 16.2. The molecule has 0 radical (unpaired) electrons. The topological polar surface area (TPSA) is 12.0 Å². The highest BCUT2D eigenvalue weighted by Gasteiger charge is 2.27. The highest BCUT2D eigenvalue weighted by atomic mass is 14.9. The number of hydrogen-bond acceptors (Lipinski definition) is 1. The van der Waals surface area contributed by atoms with Crippen LogP contribution in [0.3, 0.4) is 0 Å². The standard InChI is InChI=1S/C18H31N/c1-6-12-19-14-18(7-2,8-3)13-17-15(4)10-9-11-16(17)5/h9-11,19H,6-8,12-14H2,1-5H3. The summed E-state index contributed by atoms with van der Waals surface area (Å²) in [6.07, 6.45) is 4.91. The Labute approximate surface area is 119 Å². The zero-order valence-electron chi connectivity index (χ0n) is 13.5. The van der Waals surface area contributed by atoms with E-state index < -0.39 is 0 Å². The van der Waals surface area contributed by atoms with Crippen molar-refractivity contribution >= 4 is 0 Å². The van der Waals surface area contributed by atoms with Crippen LogP contribution in [-0.4, -0.2) is 13.1 Å². The predicted octanol–water partition coefficient (Wildman–Crippen LogP) is 4.65. The molecule has 0 unspecified atom stereocenters. The molecule has 1 rings (SSSR count). The maximum Gasteiger partial charge on any atom is 0.00108 e. The van der Waals surface area contributed by atoms with Crippen molar-refractivity contribution < 1.29 is 0 Å². The van der Waals surface area contributed by atoms with Gasteiger partial charge in [0.15, 0.2) is 0 Å². The summed E-state index contributed by atoms with van der Waals surface area (Å²) in [5.74, 6) is 0. The van der Waals surface area contributed by atoms with Gasteiger partial charge in [0.05, 0.1) is 0 Å². The Morgan fingerprint density at radius 3 is 2.05 bits per heavy atom. The Hall–Kier alpha value is -0.820. The van der Waals surface area contributed by atoms with Gasteiger partial charge in [-0.25, -0.2) is 0 Å². The zero-order chi connectivity index (χ0) is 14.3. The Kier molecular flexibility index (Phi) is 6.57. The second kappa shape index (κ2) is 7.69. The third-order valence-electron chi connectivity index (χ3n) is 4.62. The Morgan fingerprint density at radius 2 is 1.58 bits per heavy atom. The first-order valence-electron chi connectivity index (χ1n) is 7.84. The second-order valence-corrected chi connectivity index (χ2v) is 5.93. The molecule has 0 bridgehead atoms. The molecule has 0 fully saturated rings. The van der Waals surface area contributed by atoms with E-state index in [2.05, 4.69) is 58.1 Å². The SMILES string of the molecule is CCCNCC(CC)(CC)Cc1c(C)cccc1C. The van der Waals surface area contributed by atoms with Crippen molar-refractivity contribution in [2.45, 2.75) is 60.3 Å². The highest BCUT2D eigenvalue weighted by molar-refractivity contribution is 5.34. The molecule has 0 amide bonds.